The van der Waals surface area contributed by atoms with Crippen molar-refractivity contribution in [3.05, 3.63) is 23.8 Å². The van der Waals surface area contributed by atoms with E-state index in [0.29, 0.717) is 6.42 Å². The molecule has 0 radical (unpaired) electrons. The van der Waals surface area contributed by atoms with E-state index in [4.69, 9.17) is 9.84 Å². The summed E-state index contributed by atoms with van der Waals surface area (Å²) in [6.07, 6.45) is 14.0. The van der Waals surface area contributed by atoms with Gasteiger partial charge in [0, 0.05) is 13.2 Å². The lowest BCUT2D eigenvalue weighted by Crippen LogP contribution is -2.03. The first-order valence-electron chi connectivity index (χ1n) is 10.9. The van der Waals surface area contributed by atoms with E-state index in [-0.39, 0.29) is 11.5 Å². The Morgan fingerprint density at radius 1 is 0.857 bits per heavy atom. The molecular formula is C23H38O5. The summed E-state index contributed by atoms with van der Waals surface area (Å²) in [7, 11) is 0. The second kappa shape index (κ2) is 16.2. The number of carboxylic acid groups (broad SMARTS) is 1. The molecule has 0 amide bonds. The predicted molar refractivity (Wildman–Crippen MR) is 112 cm³/mol. The Labute approximate surface area is 170 Å². The van der Waals surface area contributed by atoms with E-state index in [1.807, 2.05) is 0 Å². The van der Waals surface area contributed by atoms with Gasteiger partial charge in [0.15, 0.2) is 11.5 Å². The monoisotopic (exact) mass is 394 g/mol. The van der Waals surface area contributed by atoms with Crippen LogP contribution in [0.5, 0.6) is 11.5 Å². The van der Waals surface area contributed by atoms with Crippen LogP contribution in [-0.2, 0) is 11.2 Å². The molecule has 28 heavy (non-hydrogen) atoms. The molecule has 2 N–H and O–H groups in total. The molecule has 0 saturated carbocycles. The van der Waals surface area contributed by atoms with Gasteiger partial charge in [-0.15, -0.1) is 0 Å². The summed E-state index contributed by atoms with van der Waals surface area (Å²) >= 11 is 0. The van der Waals surface area contributed by atoms with Gasteiger partial charge in [0.1, 0.15) is 0 Å². The van der Waals surface area contributed by atoms with E-state index in [2.05, 4.69) is 11.7 Å². The topological polar surface area (TPSA) is 76.0 Å². The zero-order chi connectivity index (χ0) is 20.5. The first-order valence-corrected chi connectivity index (χ1v) is 10.9. The Balaban J connectivity index is 1.95. The summed E-state index contributed by atoms with van der Waals surface area (Å²) in [5.41, 5.74) is 0.727. The number of benzene rings is 1. The number of phenolic OH excluding ortho intramolecular Hbond substituents is 1. The van der Waals surface area contributed by atoms with Gasteiger partial charge < -0.3 is 19.7 Å². The maximum atomic E-state index is 10.6. The third-order valence-corrected chi connectivity index (χ3v) is 4.91. The van der Waals surface area contributed by atoms with Crippen molar-refractivity contribution in [2.45, 2.75) is 90.4 Å². The van der Waals surface area contributed by atoms with Crippen molar-refractivity contribution < 1.29 is 24.5 Å². The smallest absolute Gasteiger partial charge is 0.504 e. The zero-order valence-electron chi connectivity index (χ0n) is 17.5. The Bertz CT molecular complexity index is 530. The quantitative estimate of drug-likeness (QED) is 0.174. The fourth-order valence-electron chi connectivity index (χ4n) is 3.26. The molecule has 0 bridgehead atoms. The minimum absolute atomic E-state index is 0.000593. The van der Waals surface area contributed by atoms with E-state index < -0.39 is 6.16 Å². The van der Waals surface area contributed by atoms with E-state index in [1.165, 1.54) is 57.4 Å². The lowest BCUT2D eigenvalue weighted by Gasteiger charge is -2.08. The second-order valence-corrected chi connectivity index (χ2v) is 7.38. The number of para-hydroxylation sites is 1. The Morgan fingerprint density at radius 2 is 1.43 bits per heavy atom. The summed E-state index contributed by atoms with van der Waals surface area (Å²) < 4.78 is 10.3. The molecule has 1 aromatic carbocycles. The van der Waals surface area contributed by atoms with Gasteiger partial charge in [-0.05, 0) is 37.3 Å². The van der Waals surface area contributed by atoms with Crippen molar-refractivity contribution >= 4 is 6.16 Å². The molecule has 0 saturated heterocycles. The average Bonchev–Trinajstić information content (AvgIpc) is 2.67. The van der Waals surface area contributed by atoms with Gasteiger partial charge in [-0.25, -0.2) is 4.79 Å². The van der Waals surface area contributed by atoms with Gasteiger partial charge >= 0.3 is 6.16 Å². The summed E-state index contributed by atoms with van der Waals surface area (Å²) in [6, 6.07) is 4.96. The number of aromatic hydroxyl groups is 1. The number of phenols is 1. The predicted octanol–water partition coefficient (Wildman–Crippen LogP) is 6.71. The lowest BCUT2D eigenvalue weighted by atomic mass is 10.0. The molecule has 0 spiro atoms. The number of aryl methyl sites for hydroxylation is 1. The molecule has 0 aromatic heterocycles. The first kappa shape index (κ1) is 24.3. The van der Waals surface area contributed by atoms with Gasteiger partial charge in [0.05, 0.1) is 0 Å². The number of rotatable bonds is 17. The van der Waals surface area contributed by atoms with Crippen molar-refractivity contribution in [1.29, 1.82) is 0 Å². The number of carbonyl (C=O) groups is 1. The minimum Gasteiger partial charge on any atom is -0.504 e. The summed E-state index contributed by atoms with van der Waals surface area (Å²) in [4.78, 5) is 10.6. The summed E-state index contributed by atoms with van der Waals surface area (Å²) in [5.74, 6) is -0.0713. The molecule has 160 valence electrons. The van der Waals surface area contributed by atoms with E-state index >= 15 is 0 Å². The maximum absolute atomic E-state index is 10.6. The van der Waals surface area contributed by atoms with E-state index in [1.54, 1.807) is 12.1 Å². The molecule has 0 atom stereocenters. The summed E-state index contributed by atoms with van der Waals surface area (Å²) in [5, 5.41) is 18.7. The van der Waals surface area contributed by atoms with Crippen molar-refractivity contribution in [3.8, 4) is 11.5 Å². The molecule has 0 unspecified atom stereocenters. The molecule has 0 fully saturated rings. The highest BCUT2D eigenvalue weighted by Gasteiger charge is 2.10. The Kier molecular flexibility index (Phi) is 14.1. The van der Waals surface area contributed by atoms with Crippen molar-refractivity contribution in [1.82, 2.24) is 0 Å². The third-order valence-electron chi connectivity index (χ3n) is 4.91. The largest absolute Gasteiger partial charge is 0.511 e. The van der Waals surface area contributed by atoms with Crippen LogP contribution in [0.2, 0.25) is 0 Å². The molecule has 0 aliphatic heterocycles. The highest BCUT2D eigenvalue weighted by atomic mass is 16.7. The second-order valence-electron chi connectivity index (χ2n) is 7.38. The average molecular weight is 395 g/mol. The van der Waals surface area contributed by atoms with Crippen molar-refractivity contribution in [3.63, 3.8) is 0 Å². The van der Waals surface area contributed by atoms with Crippen LogP contribution in [0.3, 0.4) is 0 Å². The van der Waals surface area contributed by atoms with Gasteiger partial charge in [-0.3, -0.25) is 0 Å². The van der Waals surface area contributed by atoms with Gasteiger partial charge in [-0.2, -0.15) is 0 Å². The minimum atomic E-state index is -1.42. The molecule has 5 heteroatoms. The van der Waals surface area contributed by atoms with Crippen LogP contribution >= 0.6 is 0 Å². The fraction of sp³-hybridized carbons (Fsp3) is 0.696. The lowest BCUT2D eigenvalue weighted by molar-refractivity contribution is 0.125. The van der Waals surface area contributed by atoms with Crippen LogP contribution in [0.25, 0.3) is 0 Å². The third kappa shape index (κ3) is 11.9. The highest BCUT2D eigenvalue weighted by molar-refractivity contribution is 5.63. The molecule has 1 aromatic rings. The fourth-order valence-corrected chi connectivity index (χ4v) is 3.26. The van der Waals surface area contributed by atoms with Gasteiger partial charge in [0.2, 0.25) is 0 Å². The Morgan fingerprint density at radius 3 is 2.04 bits per heavy atom. The highest BCUT2D eigenvalue weighted by Crippen LogP contribution is 2.31. The number of hydrogen-bond acceptors (Lipinski definition) is 4. The maximum Gasteiger partial charge on any atom is 0.511 e. The molecular weight excluding hydrogens is 356 g/mol. The molecule has 1 rings (SSSR count). The van der Waals surface area contributed by atoms with Gasteiger partial charge in [-0.1, -0.05) is 76.8 Å². The van der Waals surface area contributed by atoms with Crippen molar-refractivity contribution in [2.24, 2.45) is 0 Å². The number of unbranched alkanes of at least 4 members (excludes halogenated alkanes) is 10. The molecule has 0 aliphatic carbocycles. The number of ether oxygens (including phenoxy) is 2. The summed E-state index contributed by atoms with van der Waals surface area (Å²) in [6.45, 7) is 3.95. The Hall–Kier alpha value is -1.75. The van der Waals surface area contributed by atoms with E-state index in [9.17, 15) is 9.90 Å². The van der Waals surface area contributed by atoms with Crippen LogP contribution in [0, 0.1) is 0 Å². The standard InChI is InChI=1S/C23H38O5/c1-2-3-4-5-6-7-9-12-18-27-19-13-10-8-11-15-20-16-14-17-21(22(20)24)28-23(25)26/h14,16-17,24H,2-13,15,18-19H2,1H3,(H,25,26). The molecule has 5 nitrogen and oxygen atoms in total. The zero-order valence-corrected chi connectivity index (χ0v) is 17.5. The molecule has 0 aliphatic rings. The van der Waals surface area contributed by atoms with Crippen molar-refractivity contribution in [2.75, 3.05) is 13.2 Å². The number of hydrogen-bond donors (Lipinski definition) is 2. The van der Waals surface area contributed by atoms with Crippen LogP contribution in [0.4, 0.5) is 4.79 Å². The first-order chi connectivity index (χ1) is 13.6. The molecule has 0 heterocycles. The van der Waals surface area contributed by atoms with Crippen LogP contribution < -0.4 is 4.74 Å². The van der Waals surface area contributed by atoms with Crippen LogP contribution in [-0.4, -0.2) is 29.6 Å². The SMILES string of the molecule is CCCCCCCCCCOCCCCCCc1cccc(OC(=O)O)c1O. The van der Waals surface area contributed by atoms with E-state index in [0.717, 1.165) is 44.5 Å². The van der Waals surface area contributed by atoms with Crippen LogP contribution in [0.15, 0.2) is 18.2 Å². The van der Waals surface area contributed by atoms with Crippen LogP contribution in [0.1, 0.15) is 89.5 Å². The normalized spacial score (nSPS) is 10.9. The van der Waals surface area contributed by atoms with Gasteiger partial charge in [0.25, 0.3) is 0 Å².